The first-order valence-corrected chi connectivity index (χ1v) is 12.5. The van der Waals surface area contributed by atoms with Gasteiger partial charge >= 0.3 is 0 Å². The van der Waals surface area contributed by atoms with Crippen molar-refractivity contribution < 1.29 is 0 Å². The number of fused-ring (bicyclic) bond motifs is 5. The molecule has 1 atom stereocenters. The van der Waals surface area contributed by atoms with Gasteiger partial charge in [0.05, 0.1) is 11.5 Å². The van der Waals surface area contributed by atoms with E-state index in [1.165, 1.54) is 50.0 Å². The number of hydrogen-bond acceptors (Lipinski definition) is 0. The van der Waals surface area contributed by atoms with E-state index < -0.39 is 5.41 Å². The molecule has 0 bridgehead atoms. The van der Waals surface area contributed by atoms with E-state index in [0.29, 0.717) is 0 Å². The summed E-state index contributed by atoms with van der Waals surface area (Å²) >= 11 is 0. The van der Waals surface area contributed by atoms with Crippen molar-refractivity contribution in [1.29, 1.82) is 0 Å². The Bertz CT molecular complexity index is 1580. The van der Waals surface area contributed by atoms with Crippen molar-refractivity contribution in [1.82, 2.24) is 4.57 Å². The van der Waals surface area contributed by atoms with Crippen LogP contribution in [-0.2, 0) is 5.41 Å². The second-order valence-corrected chi connectivity index (χ2v) is 9.76. The van der Waals surface area contributed by atoms with Crippen LogP contribution in [0.1, 0.15) is 40.4 Å². The number of aromatic nitrogens is 1. The zero-order valence-corrected chi connectivity index (χ0v) is 19.9. The van der Waals surface area contributed by atoms with Crippen LogP contribution in [0.5, 0.6) is 0 Å². The summed E-state index contributed by atoms with van der Waals surface area (Å²) in [4.78, 5) is 0. The van der Waals surface area contributed by atoms with Gasteiger partial charge in [-0.15, -0.1) is 0 Å². The Morgan fingerprint density at radius 2 is 1.43 bits per heavy atom. The van der Waals surface area contributed by atoms with E-state index in [4.69, 9.17) is 0 Å². The summed E-state index contributed by atoms with van der Waals surface area (Å²) in [7, 11) is 0. The lowest BCUT2D eigenvalue weighted by molar-refractivity contribution is 0.568. The number of benzene rings is 4. The molecule has 0 aliphatic heterocycles. The molecule has 0 spiro atoms. The summed E-state index contributed by atoms with van der Waals surface area (Å²) in [6.45, 7) is 2.21. The summed E-state index contributed by atoms with van der Waals surface area (Å²) in [5, 5.41) is 1.34. The van der Waals surface area contributed by atoms with E-state index in [1.54, 1.807) is 0 Å². The van der Waals surface area contributed by atoms with Crippen molar-refractivity contribution in [3.8, 4) is 11.1 Å². The average molecular weight is 450 g/mol. The first-order chi connectivity index (χ1) is 17.3. The highest BCUT2D eigenvalue weighted by atomic mass is 15.0. The Hall–Kier alpha value is -4.10. The molecule has 1 heteroatoms. The molecule has 1 aromatic heterocycles. The van der Waals surface area contributed by atoms with Gasteiger partial charge in [-0.1, -0.05) is 127 Å². The predicted molar refractivity (Wildman–Crippen MR) is 146 cm³/mol. The van der Waals surface area contributed by atoms with Crippen molar-refractivity contribution in [3.05, 3.63) is 155 Å². The smallest absolute Gasteiger partial charge is 0.0866 e. The van der Waals surface area contributed by atoms with E-state index in [2.05, 4.69) is 139 Å². The fraction of sp³-hybridized carbons (Fsp3) is 0.118. The molecule has 168 valence electrons. The molecule has 1 unspecified atom stereocenters. The van der Waals surface area contributed by atoms with Gasteiger partial charge in [0.2, 0.25) is 0 Å². The minimum Gasteiger partial charge on any atom is -0.335 e. The number of aryl methyl sites for hydroxylation is 1. The van der Waals surface area contributed by atoms with Crippen LogP contribution in [0, 0.1) is 6.92 Å². The Labute approximate surface area is 206 Å². The molecule has 7 rings (SSSR count). The van der Waals surface area contributed by atoms with E-state index in [9.17, 15) is 0 Å². The fourth-order valence-corrected chi connectivity index (χ4v) is 6.45. The van der Waals surface area contributed by atoms with E-state index >= 15 is 0 Å². The minimum absolute atomic E-state index is 0.274. The third-order valence-corrected chi connectivity index (χ3v) is 7.82. The van der Waals surface area contributed by atoms with Gasteiger partial charge in [0.15, 0.2) is 0 Å². The van der Waals surface area contributed by atoms with Crippen LogP contribution in [0.2, 0.25) is 0 Å². The summed E-state index contributed by atoms with van der Waals surface area (Å²) < 4.78 is 2.64. The number of allylic oxidation sites excluding steroid dienone is 4. The molecule has 0 fully saturated rings. The van der Waals surface area contributed by atoms with Gasteiger partial charge in [0.25, 0.3) is 0 Å². The van der Waals surface area contributed by atoms with Crippen LogP contribution in [0.25, 0.3) is 22.0 Å². The Morgan fingerprint density at radius 1 is 0.743 bits per heavy atom. The fourth-order valence-electron chi connectivity index (χ4n) is 6.45. The van der Waals surface area contributed by atoms with Crippen LogP contribution in [0.15, 0.2) is 127 Å². The van der Waals surface area contributed by atoms with Gasteiger partial charge in [0.1, 0.15) is 0 Å². The molecule has 0 saturated carbocycles. The molecular formula is C34H27N. The highest BCUT2D eigenvalue weighted by Crippen LogP contribution is 2.59. The minimum atomic E-state index is -0.394. The lowest BCUT2D eigenvalue weighted by Gasteiger charge is -2.36. The van der Waals surface area contributed by atoms with Crippen LogP contribution < -0.4 is 0 Å². The van der Waals surface area contributed by atoms with Gasteiger partial charge in [0, 0.05) is 22.2 Å². The number of nitrogens with zero attached hydrogens (tertiary/aromatic N) is 1. The maximum atomic E-state index is 2.64. The molecule has 1 heterocycles. The third kappa shape index (κ3) is 2.76. The topological polar surface area (TPSA) is 4.93 Å². The van der Waals surface area contributed by atoms with Crippen molar-refractivity contribution in [2.24, 2.45) is 0 Å². The Kier molecular flexibility index (Phi) is 4.47. The number of rotatable bonds is 3. The van der Waals surface area contributed by atoms with Crippen molar-refractivity contribution in [2.75, 3.05) is 0 Å². The SMILES string of the molecule is Cc1ccc2c(c1)-c1c(n(C3C=CC=CC3)c3ccccc13)C2(c1ccccc1)c1ccccc1. The van der Waals surface area contributed by atoms with Crippen molar-refractivity contribution in [3.63, 3.8) is 0 Å². The monoisotopic (exact) mass is 449 g/mol. The quantitative estimate of drug-likeness (QED) is 0.256. The standard InChI is InChI=1S/C34H27N/c1-24-21-22-30-29(23-24)32-28-19-11-12-20-31(28)35(27-17-9-4-10-18-27)33(32)34(30,25-13-5-2-6-14-25)26-15-7-3-8-16-26/h2-17,19-23,27H,18H2,1H3. The lowest BCUT2D eigenvalue weighted by atomic mass is 9.69. The van der Waals surface area contributed by atoms with Crippen LogP contribution >= 0.6 is 0 Å². The summed E-state index contributed by atoms with van der Waals surface area (Å²) in [6.07, 6.45) is 10.0. The van der Waals surface area contributed by atoms with E-state index in [1.807, 2.05) is 0 Å². The van der Waals surface area contributed by atoms with Gasteiger partial charge in [-0.25, -0.2) is 0 Å². The molecular weight excluding hydrogens is 422 g/mol. The zero-order valence-electron chi connectivity index (χ0n) is 19.9. The van der Waals surface area contributed by atoms with Crippen LogP contribution in [0.3, 0.4) is 0 Å². The Morgan fingerprint density at radius 3 is 2.11 bits per heavy atom. The van der Waals surface area contributed by atoms with Gasteiger partial charge in [-0.3, -0.25) is 0 Å². The molecule has 0 amide bonds. The number of hydrogen-bond donors (Lipinski definition) is 0. The first-order valence-electron chi connectivity index (χ1n) is 12.5. The molecule has 35 heavy (non-hydrogen) atoms. The maximum absolute atomic E-state index is 2.64. The second kappa shape index (κ2) is 7.71. The zero-order chi connectivity index (χ0) is 23.4. The largest absolute Gasteiger partial charge is 0.335 e. The van der Waals surface area contributed by atoms with E-state index in [-0.39, 0.29) is 6.04 Å². The molecule has 2 aliphatic rings. The molecule has 5 aromatic rings. The third-order valence-electron chi connectivity index (χ3n) is 7.82. The number of para-hydroxylation sites is 1. The van der Waals surface area contributed by atoms with Crippen molar-refractivity contribution >= 4 is 10.9 Å². The summed E-state index contributed by atoms with van der Waals surface area (Å²) in [5.74, 6) is 0. The van der Waals surface area contributed by atoms with Gasteiger partial charge < -0.3 is 4.57 Å². The first kappa shape index (κ1) is 20.3. The maximum Gasteiger partial charge on any atom is 0.0866 e. The summed E-state index contributed by atoms with van der Waals surface area (Å²) in [5.41, 5.74) is 10.4. The van der Waals surface area contributed by atoms with Crippen molar-refractivity contribution in [2.45, 2.75) is 24.8 Å². The van der Waals surface area contributed by atoms with Crippen LogP contribution in [0.4, 0.5) is 0 Å². The predicted octanol–water partition coefficient (Wildman–Crippen LogP) is 8.37. The summed E-state index contributed by atoms with van der Waals surface area (Å²) in [6, 6.07) is 38.5. The molecule has 2 aliphatic carbocycles. The Balaban J connectivity index is 1.73. The highest BCUT2D eigenvalue weighted by molar-refractivity contribution is 6.04. The average Bonchev–Trinajstić information content (AvgIpc) is 3.41. The molecule has 4 aromatic carbocycles. The van der Waals surface area contributed by atoms with Crippen LogP contribution in [-0.4, -0.2) is 4.57 Å². The van der Waals surface area contributed by atoms with Gasteiger partial charge in [-0.2, -0.15) is 0 Å². The molecule has 0 N–H and O–H groups in total. The van der Waals surface area contributed by atoms with Gasteiger partial charge in [-0.05, 0) is 41.7 Å². The molecule has 0 saturated heterocycles. The molecule has 1 nitrogen and oxygen atoms in total. The normalized spacial score (nSPS) is 17.5. The lowest BCUT2D eigenvalue weighted by Crippen LogP contribution is -2.32. The second-order valence-electron chi connectivity index (χ2n) is 9.76. The van der Waals surface area contributed by atoms with E-state index in [0.717, 1.165) is 6.42 Å². The highest BCUT2D eigenvalue weighted by Gasteiger charge is 2.50. The molecule has 0 radical (unpaired) electrons.